The van der Waals surface area contributed by atoms with Gasteiger partial charge in [-0.25, -0.2) is 0 Å². The number of rotatable bonds is 7. The number of carboxylic acid groups (broad SMARTS) is 1. The van der Waals surface area contributed by atoms with Crippen molar-refractivity contribution < 1.29 is 19.4 Å². The molecule has 2 atom stereocenters. The van der Waals surface area contributed by atoms with Crippen molar-refractivity contribution in [2.75, 3.05) is 20.3 Å². The van der Waals surface area contributed by atoms with Gasteiger partial charge in [-0.05, 0) is 55.2 Å². The van der Waals surface area contributed by atoms with E-state index in [4.69, 9.17) is 21.1 Å². The lowest BCUT2D eigenvalue weighted by molar-refractivity contribution is -0.142. The number of nitrogens with zero attached hydrogens (tertiary/aromatic N) is 1. The summed E-state index contributed by atoms with van der Waals surface area (Å²) in [6.45, 7) is 3.15. The molecular formula is C21H24ClNO4. The lowest BCUT2D eigenvalue weighted by Crippen LogP contribution is -2.39. The van der Waals surface area contributed by atoms with E-state index >= 15 is 0 Å². The first-order valence-electron chi connectivity index (χ1n) is 9.10. The number of hydrogen-bond donors (Lipinski definition) is 1. The van der Waals surface area contributed by atoms with Crippen molar-refractivity contribution in [3.63, 3.8) is 0 Å². The molecule has 144 valence electrons. The first-order valence-corrected chi connectivity index (χ1v) is 9.47. The zero-order chi connectivity index (χ0) is 19.4. The highest BCUT2D eigenvalue weighted by atomic mass is 35.5. The molecule has 0 aromatic heterocycles. The number of ether oxygens (including phenoxy) is 2. The highest BCUT2D eigenvalue weighted by Crippen LogP contribution is 2.39. The highest BCUT2D eigenvalue weighted by Gasteiger charge is 2.37. The Morgan fingerprint density at radius 3 is 2.70 bits per heavy atom. The Bertz CT molecular complexity index is 811. The smallest absolute Gasteiger partial charge is 0.320 e. The molecule has 2 aromatic carbocycles. The highest BCUT2D eigenvalue weighted by molar-refractivity contribution is 6.30. The van der Waals surface area contributed by atoms with Gasteiger partial charge in [-0.3, -0.25) is 9.69 Å². The molecule has 1 fully saturated rings. The van der Waals surface area contributed by atoms with Gasteiger partial charge in [0.05, 0.1) is 19.8 Å². The zero-order valence-corrected chi connectivity index (χ0v) is 16.3. The molecule has 1 aliphatic heterocycles. The van der Waals surface area contributed by atoms with Gasteiger partial charge in [-0.1, -0.05) is 29.8 Å². The molecule has 0 spiro atoms. The van der Waals surface area contributed by atoms with Gasteiger partial charge in [0, 0.05) is 11.6 Å². The summed E-state index contributed by atoms with van der Waals surface area (Å²) >= 11 is 6.23. The number of likely N-dealkylation sites (tertiary alicyclic amines) is 1. The van der Waals surface area contributed by atoms with Crippen molar-refractivity contribution >= 4 is 17.6 Å². The quantitative estimate of drug-likeness (QED) is 0.761. The van der Waals surface area contributed by atoms with Crippen LogP contribution in [0, 0.1) is 0 Å². The van der Waals surface area contributed by atoms with Gasteiger partial charge >= 0.3 is 5.97 Å². The molecule has 1 heterocycles. The van der Waals surface area contributed by atoms with Crippen LogP contribution in [0.5, 0.6) is 11.5 Å². The number of carboxylic acids is 1. The Morgan fingerprint density at radius 1 is 1.26 bits per heavy atom. The normalized spacial score (nSPS) is 18.3. The molecule has 0 radical (unpaired) electrons. The number of methoxy groups -OCH3 is 1. The second-order valence-corrected chi connectivity index (χ2v) is 6.97. The van der Waals surface area contributed by atoms with Crippen LogP contribution in [0.3, 0.4) is 0 Å². The standard InChI is InChI=1S/C21H24ClNO4/c1-3-27-19-13-15(9-10-18(19)26-2)20(14-6-4-7-16(22)12-14)23-11-5-8-17(23)21(24)25/h4,6-7,9-10,12-13,17,20H,3,5,8,11H2,1-2H3,(H,24,25). The Labute approximate surface area is 164 Å². The molecule has 2 aromatic rings. The summed E-state index contributed by atoms with van der Waals surface area (Å²) in [5.41, 5.74) is 1.91. The van der Waals surface area contributed by atoms with E-state index in [9.17, 15) is 9.90 Å². The average Bonchev–Trinajstić information content (AvgIpc) is 3.12. The average molecular weight is 390 g/mol. The predicted octanol–water partition coefficient (Wildman–Crippen LogP) is 4.39. The zero-order valence-electron chi connectivity index (χ0n) is 15.5. The van der Waals surface area contributed by atoms with Crippen molar-refractivity contribution in [3.05, 3.63) is 58.6 Å². The molecule has 1 saturated heterocycles. The molecular weight excluding hydrogens is 366 g/mol. The van der Waals surface area contributed by atoms with Crippen molar-refractivity contribution in [2.24, 2.45) is 0 Å². The SMILES string of the molecule is CCOc1cc(C(c2cccc(Cl)c2)N2CCCC2C(=O)O)ccc1OC. The molecule has 1 N–H and O–H groups in total. The molecule has 0 amide bonds. The summed E-state index contributed by atoms with van der Waals surface area (Å²) in [7, 11) is 1.60. The molecule has 0 saturated carbocycles. The van der Waals surface area contributed by atoms with Gasteiger partial charge in [-0.2, -0.15) is 0 Å². The summed E-state index contributed by atoms with van der Waals surface area (Å²) in [6, 6.07) is 12.6. The summed E-state index contributed by atoms with van der Waals surface area (Å²) in [5.74, 6) is 0.510. The van der Waals surface area contributed by atoms with E-state index in [1.165, 1.54) is 0 Å². The minimum absolute atomic E-state index is 0.225. The summed E-state index contributed by atoms with van der Waals surface area (Å²) in [6.07, 6.45) is 1.49. The van der Waals surface area contributed by atoms with Gasteiger partial charge in [0.25, 0.3) is 0 Å². The van der Waals surface area contributed by atoms with Crippen LogP contribution in [0.2, 0.25) is 5.02 Å². The second-order valence-electron chi connectivity index (χ2n) is 6.53. The van der Waals surface area contributed by atoms with Crippen LogP contribution < -0.4 is 9.47 Å². The van der Waals surface area contributed by atoms with Gasteiger partial charge in [-0.15, -0.1) is 0 Å². The monoisotopic (exact) mass is 389 g/mol. The molecule has 1 aliphatic rings. The maximum atomic E-state index is 11.8. The van der Waals surface area contributed by atoms with Crippen LogP contribution in [0.4, 0.5) is 0 Å². The van der Waals surface area contributed by atoms with Crippen LogP contribution in [-0.2, 0) is 4.79 Å². The lowest BCUT2D eigenvalue weighted by atomic mass is 9.95. The van der Waals surface area contributed by atoms with E-state index < -0.39 is 12.0 Å². The Balaban J connectivity index is 2.10. The Kier molecular flexibility index (Phi) is 6.24. The van der Waals surface area contributed by atoms with Gasteiger partial charge in [0.15, 0.2) is 11.5 Å². The molecule has 6 heteroatoms. The van der Waals surface area contributed by atoms with Crippen molar-refractivity contribution in [1.29, 1.82) is 0 Å². The topological polar surface area (TPSA) is 59.0 Å². The van der Waals surface area contributed by atoms with E-state index in [0.29, 0.717) is 36.1 Å². The van der Waals surface area contributed by atoms with Crippen LogP contribution >= 0.6 is 11.6 Å². The van der Waals surface area contributed by atoms with Crippen LogP contribution in [0.1, 0.15) is 36.9 Å². The molecule has 27 heavy (non-hydrogen) atoms. The number of carbonyl (C=O) groups is 1. The Hall–Kier alpha value is -2.24. The fourth-order valence-corrected chi connectivity index (χ4v) is 3.95. The third-order valence-corrected chi connectivity index (χ3v) is 5.11. The molecule has 5 nitrogen and oxygen atoms in total. The molecule has 0 bridgehead atoms. The van der Waals surface area contributed by atoms with Crippen LogP contribution in [-0.4, -0.2) is 42.3 Å². The number of aliphatic carboxylic acids is 1. The van der Waals surface area contributed by atoms with E-state index in [0.717, 1.165) is 17.5 Å². The van der Waals surface area contributed by atoms with Crippen LogP contribution in [0.25, 0.3) is 0 Å². The van der Waals surface area contributed by atoms with Crippen LogP contribution in [0.15, 0.2) is 42.5 Å². The Morgan fingerprint density at radius 2 is 2.04 bits per heavy atom. The maximum Gasteiger partial charge on any atom is 0.320 e. The minimum Gasteiger partial charge on any atom is -0.493 e. The predicted molar refractivity (Wildman–Crippen MR) is 105 cm³/mol. The van der Waals surface area contributed by atoms with Crippen molar-refractivity contribution in [1.82, 2.24) is 4.90 Å². The summed E-state index contributed by atoms with van der Waals surface area (Å²) in [4.78, 5) is 13.8. The van der Waals surface area contributed by atoms with E-state index in [2.05, 4.69) is 0 Å². The molecule has 2 unspecified atom stereocenters. The third kappa shape index (κ3) is 4.20. The van der Waals surface area contributed by atoms with Crippen molar-refractivity contribution in [3.8, 4) is 11.5 Å². The first-order chi connectivity index (χ1) is 13.0. The second kappa shape index (κ2) is 8.63. The minimum atomic E-state index is -0.793. The van der Waals surface area contributed by atoms with E-state index in [-0.39, 0.29) is 6.04 Å². The number of benzene rings is 2. The fourth-order valence-electron chi connectivity index (χ4n) is 3.75. The van der Waals surface area contributed by atoms with Gasteiger partial charge < -0.3 is 14.6 Å². The number of halogens is 1. The summed E-state index contributed by atoms with van der Waals surface area (Å²) < 4.78 is 11.1. The van der Waals surface area contributed by atoms with Gasteiger partial charge in [0.1, 0.15) is 6.04 Å². The van der Waals surface area contributed by atoms with Crippen molar-refractivity contribution in [2.45, 2.75) is 31.8 Å². The third-order valence-electron chi connectivity index (χ3n) is 4.88. The lowest BCUT2D eigenvalue weighted by Gasteiger charge is -2.32. The summed E-state index contributed by atoms with van der Waals surface area (Å²) in [5, 5.41) is 10.3. The van der Waals surface area contributed by atoms with E-state index in [1.54, 1.807) is 7.11 Å². The van der Waals surface area contributed by atoms with E-state index in [1.807, 2.05) is 54.3 Å². The first kappa shape index (κ1) is 19.5. The fraction of sp³-hybridized carbons (Fsp3) is 0.381. The van der Waals surface area contributed by atoms with Gasteiger partial charge in [0.2, 0.25) is 0 Å². The number of hydrogen-bond acceptors (Lipinski definition) is 4. The molecule has 3 rings (SSSR count). The largest absolute Gasteiger partial charge is 0.493 e. The maximum absolute atomic E-state index is 11.8. The molecule has 0 aliphatic carbocycles.